The number of nitrogens with one attached hydrogen (secondary N) is 1. The lowest BCUT2D eigenvalue weighted by atomic mass is 10.0. The fourth-order valence-electron chi connectivity index (χ4n) is 3.25. The van der Waals surface area contributed by atoms with Gasteiger partial charge in [-0.1, -0.05) is 12.1 Å². The molecule has 3 rings (SSSR count). The predicted octanol–water partition coefficient (Wildman–Crippen LogP) is 3.75. The van der Waals surface area contributed by atoms with Crippen LogP contribution >= 0.6 is 0 Å². The zero-order chi connectivity index (χ0) is 17.8. The standard InChI is InChI=1S/C19H20F2N2O2/c1-25-17-5-2-4-13(8-17)18-6-3-7-23(18)12-19(24)22-16-10-14(20)9-15(21)11-16/h2,4-5,8-11,18H,3,6-7,12H2,1H3,(H,22,24). The Balaban J connectivity index is 1.67. The minimum atomic E-state index is -0.717. The van der Waals surface area contributed by atoms with Gasteiger partial charge in [-0.05, 0) is 49.2 Å². The number of carbonyl (C=O) groups excluding carboxylic acids is 1. The number of carbonyl (C=O) groups is 1. The lowest BCUT2D eigenvalue weighted by molar-refractivity contribution is -0.117. The molecule has 1 N–H and O–H groups in total. The summed E-state index contributed by atoms with van der Waals surface area (Å²) in [6, 6.07) is 10.9. The van der Waals surface area contributed by atoms with E-state index in [1.807, 2.05) is 24.3 Å². The van der Waals surface area contributed by atoms with Crippen LogP contribution in [0.15, 0.2) is 42.5 Å². The molecule has 0 aliphatic carbocycles. The molecule has 0 spiro atoms. The van der Waals surface area contributed by atoms with Crippen molar-refractivity contribution >= 4 is 11.6 Å². The number of hydrogen-bond acceptors (Lipinski definition) is 3. The van der Waals surface area contributed by atoms with Gasteiger partial charge in [-0.25, -0.2) is 8.78 Å². The SMILES string of the molecule is COc1cccc(C2CCCN2CC(=O)Nc2cc(F)cc(F)c2)c1. The first-order valence-electron chi connectivity index (χ1n) is 8.19. The van der Waals surface area contributed by atoms with Crippen LogP contribution in [0.3, 0.4) is 0 Å². The Kier molecular flexibility index (Phi) is 5.28. The fraction of sp³-hybridized carbons (Fsp3) is 0.316. The topological polar surface area (TPSA) is 41.6 Å². The first kappa shape index (κ1) is 17.4. The molecule has 25 heavy (non-hydrogen) atoms. The molecule has 0 saturated carbocycles. The largest absolute Gasteiger partial charge is 0.497 e. The molecule has 0 bridgehead atoms. The lowest BCUT2D eigenvalue weighted by Crippen LogP contribution is -2.33. The molecule has 2 aromatic rings. The summed E-state index contributed by atoms with van der Waals surface area (Å²) in [5, 5.41) is 2.56. The third-order valence-corrected chi connectivity index (χ3v) is 4.34. The molecule has 1 aliphatic rings. The number of benzene rings is 2. The number of ether oxygens (including phenoxy) is 1. The van der Waals surface area contributed by atoms with E-state index < -0.39 is 11.6 Å². The van der Waals surface area contributed by atoms with Gasteiger partial charge in [0.25, 0.3) is 0 Å². The zero-order valence-electron chi connectivity index (χ0n) is 14.0. The van der Waals surface area contributed by atoms with Crippen molar-refractivity contribution in [1.82, 2.24) is 4.90 Å². The van der Waals surface area contributed by atoms with Crippen LogP contribution in [0.1, 0.15) is 24.4 Å². The summed E-state index contributed by atoms with van der Waals surface area (Å²) in [5.41, 5.74) is 1.22. The average Bonchev–Trinajstić information content (AvgIpc) is 3.01. The molecule has 1 unspecified atom stereocenters. The van der Waals surface area contributed by atoms with Crippen LogP contribution in [0.4, 0.5) is 14.5 Å². The Morgan fingerprint density at radius 3 is 2.72 bits per heavy atom. The second-order valence-corrected chi connectivity index (χ2v) is 6.11. The molecule has 4 nitrogen and oxygen atoms in total. The molecule has 6 heteroatoms. The highest BCUT2D eigenvalue weighted by atomic mass is 19.1. The Hall–Kier alpha value is -2.47. The van der Waals surface area contributed by atoms with Crippen LogP contribution < -0.4 is 10.1 Å². The number of amides is 1. The monoisotopic (exact) mass is 346 g/mol. The van der Waals surface area contributed by atoms with Gasteiger partial charge in [-0.2, -0.15) is 0 Å². The lowest BCUT2D eigenvalue weighted by Gasteiger charge is -2.24. The molecule has 0 aromatic heterocycles. The highest BCUT2D eigenvalue weighted by molar-refractivity contribution is 5.92. The second kappa shape index (κ2) is 7.61. The van der Waals surface area contributed by atoms with Crippen molar-refractivity contribution in [2.75, 3.05) is 25.5 Å². The van der Waals surface area contributed by atoms with Gasteiger partial charge in [0.15, 0.2) is 0 Å². The van der Waals surface area contributed by atoms with Crippen molar-refractivity contribution < 1.29 is 18.3 Å². The number of anilines is 1. The van der Waals surface area contributed by atoms with E-state index in [0.717, 1.165) is 48.9 Å². The van der Waals surface area contributed by atoms with Crippen molar-refractivity contribution in [3.8, 4) is 5.75 Å². The average molecular weight is 346 g/mol. The van der Waals surface area contributed by atoms with E-state index in [1.54, 1.807) is 7.11 Å². The predicted molar refractivity (Wildman–Crippen MR) is 91.5 cm³/mol. The smallest absolute Gasteiger partial charge is 0.238 e. The second-order valence-electron chi connectivity index (χ2n) is 6.11. The van der Waals surface area contributed by atoms with E-state index in [9.17, 15) is 13.6 Å². The molecule has 132 valence electrons. The Morgan fingerprint density at radius 1 is 1.24 bits per heavy atom. The van der Waals surface area contributed by atoms with Crippen molar-refractivity contribution in [3.63, 3.8) is 0 Å². The van der Waals surface area contributed by atoms with Crippen molar-refractivity contribution in [2.24, 2.45) is 0 Å². The van der Waals surface area contributed by atoms with Gasteiger partial charge in [0, 0.05) is 17.8 Å². The molecule has 1 heterocycles. The van der Waals surface area contributed by atoms with Gasteiger partial charge in [0.1, 0.15) is 17.4 Å². The summed E-state index contributed by atoms with van der Waals surface area (Å²) >= 11 is 0. The van der Waals surface area contributed by atoms with Crippen molar-refractivity contribution in [3.05, 3.63) is 59.7 Å². The van der Waals surface area contributed by atoms with Gasteiger partial charge < -0.3 is 10.1 Å². The van der Waals surface area contributed by atoms with Gasteiger partial charge in [0.05, 0.1) is 13.7 Å². The van der Waals surface area contributed by atoms with E-state index in [1.165, 1.54) is 0 Å². The molecule has 1 saturated heterocycles. The maximum Gasteiger partial charge on any atom is 0.238 e. The van der Waals surface area contributed by atoms with Crippen molar-refractivity contribution in [1.29, 1.82) is 0 Å². The highest BCUT2D eigenvalue weighted by Crippen LogP contribution is 2.33. The fourth-order valence-corrected chi connectivity index (χ4v) is 3.25. The first-order valence-corrected chi connectivity index (χ1v) is 8.19. The number of nitrogens with zero attached hydrogens (tertiary/aromatic N) is 1. The summed E-state index contributed by atoms with van der Waals surface area (Å²) in [4.78, 5) is 14.3. The molecule has 1 atom stereocenters. The van der Waals surface area contributed by atoms with Crippen LogP contribution in [0, 0.1) is 11.6 Å². The molecule has 1 fully saturated rings. The van der Waals surface area contributed by atoms with Gasteiger partial charge in [-0.15, -0.1) is 0 Å². The summed E-state index contributed by atoms with van der Waals surface area (Å²) in [7, 11) is 1.62. The van der Waals surface area contributed by atoms with E-state index >= 15 is 0 Å². The maximum absolute atomic E-state index is 13.2. The third kappa shape index (κ3) is 4.33. The molecular weight excluding hydrogens is 326 g/mol. The highest BCUT2D eigenvalue weighted by Gasteiger charge is 2.27. The summed E-state index contributed by atoms with van der Waals surface area (Å²) < 4.78 is 31.7. The van der Waals surface area contributed by atoms with Crippen LogP contribution in [0.5, 0.6) is 5.75 Å². The normalized spacial score (nSPS) is 17.5. The summed E-state index contributed by atoms with van der Waals surface area (Å²) in [6.45, 7) is 0.965. The number of halogens is 2. The number of likely N-dealkylation sites (tertiary alicyclic amines) is 1. The van der Waals surface area contributed by atoms with Crippen LogP contribution in [0.25, 0.3) is 0 Å². The minimum absolute atomic E-state index is 0.125. The van der Waals surface area contributed by atoms with Crippen LogP contribution in [-0.4, -0.2) is 31.0 Å². The van der Waals surface area contributed by atoms with Gasteiger partial charge in [-0.3, -0.25) is 9.69 Å². The van der Waals surface area contributed by atoms with E-state index in [-0.39, 0.29) is 24.2 Å². The first-order chi connectivity index (χ1) is 12.0. The van der Waals surface area contributed by atoms with E-state index in [0.29, 0.717) is 0 Å². The molecule has 1 amide bonds. The molecule has 1 aliphatic heterocycles. The molecule has 0 radical (unpaired) electrons. The summed E-state index contributed by atoms with van der Waals surface area (Å²) in [5.74, 6) is -0.944. The van der Waals surface area contributed by atoms with Gasteiger partial charge in [0.2, 0.25) is 5.91 Å². The maximum atomic E-state index is 13.2. The number of hydrogen-bond donors (Lipinski definition) is 1. The van der Waals surface area contributed by atoms with Gasteiger partial charge >= 0.3 is 0 Å². The number of methoxy groups -OCH3 is 1. The number of rotatable bonds is 5. The van der Waals surface area contributed by atoms with E-state index in [4.69, 9.17) is 4.74 Å². The van der Waals surface area contributed by atoms with Crippen molar-refractivity contribution in [2.45, 2.75) is 18.9 Å². The summed E-state index contributed by atoms with van der Waals surface area (Å²) in [6.07, 6.45) is 1.94. The Bertz CT molecular complexity index is 747. The quantitative estimate of drug-likeness (QED) is 0.896. The van der Waals surface area contributed by atoms with Crippen LogP contribution in [-0.2, 0) is 4.79 Å². The van der Waals surface area contributed by atoms with E-state index in [2.05, 4.69) is 10.2 Å². The minimum Gasteiger partial charge on any atom is -0.497 e. The molecule has 2 aromatic carbocycles. The van der Waals surface area contributed by atoms with Crippen LogP contribution in [0.2, 0.25) is 0 Å². The Morgan fingerprint density at radius 2 is 2.00 bits per heavy atom. The molecular formula is C19H20F2N2O2. The Labute approximate surface area is 145 Å². The zero-order valence-corrected chi connectivity index (χ0v) is 14.0. The third-order valence-electron chi connectivity index (χ3n) is 4.34.